The van der Waals surface area contributed by atoms with Gasteiger partial charge in [0.1, 0.15) is 0 Å². The van der Waals surface area contributed by atoms with Crippen molar-refractivity contribution in [3.8, 4) is 0 Å². The number of carbonyl (C=O) groups is 1. The molecule has 1 unspecified atom stereocenters. The predicted molar refractivity (Wildman–Crippen MR) is 108 cm³/mol. The number of benzene rings is 2. The molecule has 148 valence electrons. The summed E-state index contributed by atoms with van der Waals surface area (Å²) in [5.74, 6) is -0.258. The molecule has 0 radical (unpaired) electrons. The van der Waals surface area contributed by atoms with Crippen molar-refractivity contribution in [2.24, 2.45) is 5.92 Å². The summed E-state index contributed by atoms with van der Waals surface area (Å²) in [6.45, 7) is 0. The van der Waals surface area contributed by atoms with E-state index in [1.807, 2.05) is 24.3 Å². The van der Waals surface area contributed by atoms with Crippen LogP contribution in [0.15, 0.2) is 51.8 Å². The molecule has 3 rings (SSSR count). The van der Waals surface area contributed by atoms with Crippen molar-refractivity contribution >= 4 is 37.4 Å². The molecule has 0 aromatic heterocycles. The third-order valence-corrected chi connectivity index (χ3v) is 6.55. The molecule has 1 N–H and O–H groups in total. The third-order valence-electron chi connectivity index (χ3n) is 4.93. The maximum absolute atomic E-state index is 12.9. The van der Waals surface area contributed by atoms with Gasteiger partial charge >= 0.3 is 0 Å². The van der Waals surface area contributed by atoms with Gasteiger partial charge in [-0.2, -0.15) is 0 Å². The number of carbonyl (C=O) groups excluding carboxylic acids is 1. The Morgan fingerprint density at radius 1 is 1.21 bits per heavy atom. The van der Waals surface area contributed by atoms with Gasteiger partial charge in [-0.05, 0) is 42.5 Å². The van der Waals surface area contributed by atoms with Crippen molar-refractivity contribution in [2.75, 3.05) is 6.26 Å². The Hall–Kier alpha value is -2.26. The summed E-state index contributed by atoms with van der Waals surface area (Å²) in [7, 11) is -3.70. The second-order valence-electron chi connectivity index (χ2n) is 6.94. The van der Waals surface area contributed by atoms with E-state index in [4.69, 9.17) is 0 Å². The topological polar surface area (TPSA) is 106 Å². The molecule has 28 heavy (non-hydrogen) atoms. The van der Waals surface area contributed by atoms with Gasteiger partial charge in [-0.3, -0.25) is 14.9 Å². The number of hydrogen-bond acceptors (Lipinski definition) is 5. The average Bonchev–Trinajstić information content (AvgIpc) is 2.59. The molecule has 1 atom stereocenters. The maximum Gasteiger partial charge on any atom is 0.271 e. The van der Waals surface area contributed by atoms with Crippen LogP contribution in [0.5, 0.6) is 0 Å². The highest BCUT2D eigenvalue weighted by molar-refractivity contribution is 9.10. The van der Waals surface area contributed by atoms with Crippen LogP contribution in [-0.2, 0) is 9.84 Å². The van der Waals surface area contributed by atoms with E-state index >= 15 is 0 Å². The molecule has 0 saturated heterocycles. The molecule has 0 aliphatic heterocycles. The maximum atomic E-state index is 12.9. The Morgan fingerprint density at radius 2 is 1.86 bits per heavy atom. The third kappa shape index (κ3) is 4.59. The number of halogens is 1. The lowest BCUT2D eigenvalue weighted by Crippen LogP contribution is -2.36. The SMILES string of the molecule is CS(=O)(=O)c1cc(C(=O)NC(c2ccc(Br)cc2)C2CCC2)cc([N+](=O)[O-])c1. The van der Waals surface area contributed by atoms with Gasteiger partial charge in [-0.1, -0.05) is 34.5 Å². The van der Waals surface area contributed by atoms with Crippen LogP contribution in [0.1, 0.15) is 41.2 Å². The first-order chi connectivity index (χ1) is 13.1. The molecule has 1 aliphatic rings. The summed E-state index contributed by atoms with van der Waals surface area (Å²) >= 11 is 3.39. The first kappa shape index (κ1) is 20.5. The van der Waals surface area contributed by atoms with Gasteiger partial charge in [0.15, 0.2) is 9.84 Å². The molecule has 2 aromatic carbocycles. The number of nitrogens with zero attached hydrogens (tertiary/aromatic N) is 1. The highest BCUT2D eigenvalue weighted by atomic mass is 79.9. The van der Waals surface area contributed by atoms with Crippen LogP contribution in [0.25, 0.3) is 0 Å². The second-order valence-corrected chi connectivity index (χ2v) is 9.87. The van der Waals surface area contributed by atoms with Gasteiger partial charge in [-0.15, -0.1) is 0 Å². The van der Waals surface area contributed by atoms with Crippen LogP contribution < -0.4 is 5.32 Å². The highest BCUT2D eigenvalue weighted by Gasteiger charge is 2.30. The van der Waals surface area contributed by atoms with E-state index < -0.39 is 26.4 Å². The van der Waals surface area contributed by atoms with Crippen LogP contribution in [-0.4, -0.2) is 25.5 Å². The zero-order chi connectivity index (χ0) is 20.5. The summed E-state index contributed by atoms with van der Waals surface area (Å²) in [6, 6.07) is 10.6. The number of sulfone groups is 1. The summed E-state index contributed by atoms with van der Waals surface area (Å²) in [5, 5.41) is 14.1. The fraction of sp³-hybridized carbons (Fsp3) is 0.316. The largest absolute Gasteiger partial charge is 0.345 e. The zero-order valence-electron chi connectivity index (χ0n) is 15.1. The predicted octanol–water partition coefficient (Wildman–Crippen LogP) is 4.03. The highest BCUT2D eigenvalue weighted by Crippen LogP contribution is 2.38. The average molecular weight is 467 g/mol. The molecule has 1 saturated carbocycles. The molecule has 0 spiro atoms. The van der Waals surface area contributed by atoms with Crippen LogP contribution >= 0.6 is 15.9 Å². The van der Waals surface area contributed by atoms with Crippen LogP contribution in [0.3, 0.4) is 0 Å². The Kier molecular flexibility index (Phi) is 5.85. The summed E-state index contributed by atoms with van der Waals surface area (Å²) in [6.07, 6.45) is 3.99. The lowest BCUT2D eigenvalue weighted by molar-refractivity contribution is -0.385. The fourth-order valence-electron chi connectivity index (χ4n) is 3.18. The Balaban J connectivity index is 1.94. The minimum atomic E-state index is -3.70. The normalized spacial score (nSPS) is 15.5. The minimum Gasteiger partial charge on any atom is -0.345 e. The minimum absolute atomic E-state index is 0.0453. The molecular weight excluding hydrogens is 448 g/mol. The molecule has 9 heteroatoms. The Labute approximate surface area is 171 Å². The van der Waals surface area contributed by atoms with Crippen molar-refractivity contribution in [2.45, 2.75) is 30.2 Å². The first-order valence-corrected chi connectivity index (χ1v) is 11.4. The molecule has 0 bridgehead atoms. The standard InChI is InChI=1S/C19H19BrN2O5S/c1-28(26,27)17-10-14(9-16(11-17)22(24)25)19(23)21-18(12-3-2-4-12)13-5-7-15(20)8-6-13/h5-12,18H,2-4H2,1H3,(H,21,23). The van der Waals surface area contributed by atoms with Gasteiger partial charge in [0, 0.05) is 28.4 Å². The van der Waals surface area contributed by atoms with Crippen molar-refractivity contribution in [1.29, 1.82) is 0 Å². The van der Waals surface area contributed by atoms with Crippen molar-refractivity contribution in [3.63, 3.8) is 0 Å². The molecular formula is C19H19BrN2O5S. The number of nitro groups is 1. The van der Waals surface area contributed by atoms with Crippen LogP contribution in [0.2, 0.25) is 0 Å². The first-order valence-electron chi connectivity index (χ1n) is 8.71. The molecule has 1 amide bonds. The van der Waals surface area contributed by atoms with Gasteiger partial charge in [-0.25, -0.2) is 8.42 Å². The van der Waals surface area contributed by atoms with Gasteiger partial charge in [0.25, 0.3) is 11.6 Å². The number of nitro benzene ring substituents is 1. The fourth-order valence-corrected chi connectivity index (χ4v) is 4.12. The van der Waals surface area contributed by atoms with Crippen LogP contribution in [0, 0.1) is 16.0 Å². The van der Waals surface area contributed by atoms with Crippen molar-refractivity contribution < 1.29 is 18.1 Å². The number of hydrogen-bond donors (Lipinski definition) is 1. The second kappa shape index (κ2) is 8.00. The zero-order valence-corrected chi connectivity index (χ0v) is 17.5. The quantitative estimate of drug-likeness (QED) is 0.510. The lowest BCUT2D eigenvalue weighted by Gasteiger charge is -2.34. The van der Waals surface area contributed by atoms with Crippen LogP contribution in [0.4, 0.5) is 5.69 Å². The van der Waals surface area contributed by atoms with E-state index in [1.54, 1.807) is 0 Å². The smallest absolute Gasteiger partial charge is 0.271 e. The lowest BCUT2D eigenvalue weighted by atomic mass is 9.77. The summed E-state index contributed by atoms with van der Waals surface area (Å²) in [5.41, 5.74) is 0.461. The van der Waals surface area contributed by atoms with Gasteiger partial charge in [0.05, 0.1) is 15.9 Å². The van der Waals surface area contributed by atoms with E-state index in [0.29, 0.717) is 0 Å². The molecule has 1 aliphatic carbocycles. The Bertz CT molecular complexity index is 1020. The Morgan fingerprint density at radius 3 is 2.36 bits per heavy atom. The van der Waals surface area contributed by atoms with Crippen molar-refractivity contribution in [3.05, 3.63) is 68.2 Å². The monoisotopic (exact) mass is 466 g/mol. The number of non-ortho nitro benzene ring substituents is 1. The summed E-state index contributed by atoms with van der Waals surface area (Å²) in [4.78, 5) is 23.1. The summed E-state index contributed by atoms with van der Waals surface area (Å²) < 4.78 is 24.6. The van der Waals surface area contributed by atoms with E-state index in [9.17, 15) is 23.3 Å². The van der Waals surface area contributed by atoms with E-state index in [-0.39, 0.29) is 22.4 Å². The molecule has 7 nitrogen and oxygen atoms in total. The van der Waals surface area contributed by atoms with E-state index in [1.165, 1.54) is 6.07 Å². The van der Waals surface area contributed by atoms with E-state index in [2.05, 4.69) is 21.2 Å². The van der Waals surface area contributed by atoms with E-state index in [0.717, 1.165) is 47.7 Å². The van der Waals surface area contributed by atoms with Gasteiger partial charge < -0.3 is 5.32 Å². The molecule has 2 aromatic rings. The number of nitrogens with one attached hydrogen (secondary N) is 1. The van der Waals surface area contributed by atoms with Crippen molar-refractivity contribution in [1.82, 2.24) is 5.32 Å². The molecule has 0 heterocycles. The number of rotatable bonds is 6. The number of amides is 1. The molecule has 1 fully saturated rings. The van der Waals surface area contributed by atoms with Gasteiger partial charge in [0.2, 0.25) is 0 Å².